The van der Waals surface area contributed by atoms with Crippen LogP contribution in [0.3, 0.4) is 0 Å². The van der Waals surface area contributed by atoms with Crippen LogP contribution in [0, 0.1) is 11.3 Å². The number of nitrogens with zero attached hydrogens (tertiary/aromatic N) is 1. The fraction of sp³-hybridized carbons (Fsp3) is 0.273. The topological polar surface area (TPSA) is 87.1 Å². The van der Waals surface area contributed by atoms with Gasteiger partial charge in [0, 0.05) is 6.54 Å². The molecule has 0 unspecified atom stereocenters. The number of benzene rings is 1. The molecule has 0 atom stereocenters. The minimum Gasteiger partial charge on any atom is -0.478 e. The molecule has 4 nitrogen and oxygen atoms in total. The molecule has 0 aliphatic heterocycles. The summed E-state index contributed by atoms with van der Waals surface area (Å²) in [5.41, 5.74) is 7.12. The van der Waals surface area contributed by atoms with Gasteiger partial charge < -0.3 is 10.8 Å². The van der Waals surface area contributed by atoms with Crippen LogP contribution in [0.1, 0.15) is 34.0 Å². The van der Waals surface area contributed by atoms with Crippen LogP contribution in [0.15, 0.2) is 12.1 Å². The van der Waals surface area contributed by atoms with Crippen molar-refractivity contribution in [3.8, 4) is 6.07 Å². The summed E-state index contributed by atoms with van der Waals surface area (Å²) < 4.78 is 0. The van der Waals surface area contributed by atoms with Gasteiger partial charge in [0.15, 0.2) is 0 Å². The molecule has 0 spiro atoms. The van der Waals surface area contributed by atoms with Crippen LogP contribution in [-0.2, 0) is 13.0 Å². The van der Waals surface area contributed by atoms with E-state index in [0.717, 1.165) is 0 Å². The Balaban J connectivity index is 3.53. The molecule has 0 aromatic heterocycles. The van der Waals surface area contributed by atoms with Crippen LogP contribution >= 0.6 is 0 Å². The molecule has 1 aromatic carbocycles. The number of carboxylic acids is 1. The minimum absolute atomic E-state index is 0.0678. The zero-order valence-corrected chi connectivity index (χ0v) is 8.45. The fourth-order valence-electron chi connectivity index (χ4n) is 1.57. The zero-order valence-electron chi connectivity index (χ0n) is 8.45. The van der Waals surface area contributed by atoms with Crippen molar-refractivity contribution in [1.29, 1.82) is 5.26 Å². The Labute approximate surface area is 87.9 Å². The molecule has 1 rings (SSSR count). The Morgan fingerprint density at radius 3 is 2.67 bits per heavy atom. The number of carbonyl (C=O) groups is 1. The Morgan fingerprint density at radius 1 is 1.60 bits per heavy atom. The quantitative estimate of drug-likeness (QED) is 0.776. The van der Waals surface area contributed by atoms with Crippen LogP contribution in [0.25, 0.3) is 0 Å². The molecule has 0 fully saturated rings. The summed E-state index contributed by atoms with van der Waals surface area (Å²) in [4.78, 5) is 11.1. The van der Waals surface area contributed by atoms with Crippen molar-refractivity contribution in [1.82, 2.24) is 0 Å². The standard InChI is InChI=1S/C11H12N2O2/c1-2-7-3-4-8(5-12)9(6-13)10(7)11(14)15/h3-4H,2,6,13H2,1H3,(H,14,15). The van der Waals surface area contributed by atoms with Gasteiger partial charge in [-0.25, -0.2) is 4.79 Å². The highest BCUT2D eigenvalue weighted by Crippen LogP contribution is 2.19. The zero-order chi connectivity index (χ0) is 11.4. The molecule has 15 heavy (non-hydrogen) atoms. The summed E-state index contributed by atoms with van der Waals surface area (Å²) in [7, 11) is 0. The molecule has 0 radical (unpaired) electrons. The van der Waals surface area contributed by atoms with E-state index >= 15 is 0 Å². The first-order valence-corrected chi connectivity index (χ1v) is 4.63. The predicted octanol–water partition coefficient (Wildman–Crippen LogP) is 1.28. The number of aryl methyl sites for hydroxylation is 1. The molecule has 0 saturated carbocycles. The largest absolute Gasteiger partial charge is 0.478 e. The second kappa shape index (κ2) is 4.58. The van der Waals surface area contributed by atoms with E-state index in [0.29, 0.717) is 23.1 Å². The Morgan fingerprint density at radius 2 is 2.27 bits per heavy atom. The van der Waals surface area contributed by atoms with Gasteiger partial charge in [0.05, 0.1) is 17.2 Å². The molecule has 0 amide bonds. The van der Waals surface area contributed by atoms with Gasteiger partial charge >= 0.3 is 5.97 Å². The second-order valence-corrected chi connectivity index (χ2v) is 3.10. The number of hydrogen-bond donors (Lipinski definition) is 2. The summed E-state index contributed by atoms with van der Waals surface area (Å²) in [5, 5.41) is 17.9. The van der Waals surface area contributed by atoms with Crippen LogP contribution in [0.5, 0.6) is 0 Å². The molecule has 0 aliphatic rings. The number of carboxylic acid groups (broad SMARTS) is 1. The van der Waals surface area contributed by atoms with E-state index in [4.69, 9.17) is 16.1 Å². The maximum atomic E-state index is 11.1. The number of rotatable bonds is 3. The average Bonchev–Trinajstić information content (AvgIpc) is 2.26. The summed E-state index contributed by atoms with van der Waals surface area (Å²) >= 11 is 0. The van der Waals surface area contributed by atoms with Crippen molar-refractivity contribution in [3.05, 3.63) is 34.4 Å². The Kier molecular flexibility index (Phi) is 3.42. The maximum Gasteiger partial charge on any atom is 0.336 e. The van der Waals surface area contributed by atoms with Crippen molar-refractivity contribution in [2.24, 2.45) is 5.73 Å². The third-order valence-electron chi connectivity index (χ3n) is 2.32. The lowest BCUT2D eigenvalue weighted by Crippen LogP contribution is -2.12. The van der Waals surface area contributed by atoms with E-state index in [9.17, 15) is 4.79 Å². The van der Waals surface area contributed by atoms with Crippen molar-refractivity contribution >= 4 is 5.97 Å². The summed E-state index contributed by atoms with van der Waals surface area (Å²) in [6.07, 6.45) is 0.611. The van der Waals surface area contributed by atoms with Crippen LogP contribution < -0.4 is 5.73 Å². The summed E-state index contributed by atoms with van der Waals surface area (Å²) in [6, 6.07) is 5.24. The lowest BCUT2D eigenvalue weighted by Gasteiger charge is -2.10. The first-order valence-electron chi connectivity index (χ1n) is 4.63. The average molecular weight is 204 g/mol. The van der Waals surface area contributed by atoms with Crippen LogP contribution in [0.4, 0.5) is 0 Å². The van der Waals surface area contributed by atoms with Crippen LogP contribution in [-0.4, -0.2) is 11.1 Å². The molecule has 0 saturated heterocycles. The molecule has 0 aliphatic carbocycles. The van der Waals surface area contributed by atoms with Gasteiger partial charge in [-0.3, -0.25) is 0 Å². The SMILES string of the molecule is CCc1ccc(C#N)c(CN)c1C(=O)O. The molecule has 3 N–H and O–H groups in total. The smallest absolute Gasteiger partial charge is 0.336 e. The highest BCUT2D eigenvalue weighted by molar-refractivity contribution is 5.92. The molecule has 0 heterocycles. The lowest BCUT2D eigenvalue weighted by atomic mass is 9.95. The first kappa shape index (κ1) is 11.2. The van der Waals surface area contributed by atoms with Gasteiger partial charge in [0.2, 0.25) is 0 Å². The van der Waals surface area contributed by atoms with Gasteiger partial charge in [-0.1, -0.05) is 13.0 Å². The normalized spacial score (nSPS) is 9.67. The summed E-state index contributed by atoms with van der Waals surface area (Å²) in [5.74, 6) is -1.02. The molecule has 4 heteroatoms. The highest BCUT2D eigenvalue weighted by atomic mass is 16.4. The third kappa shape index (κ3) is 1.97. The summed E-state index contributed by atoms with van der Waals surface area (Å²) in [6.45, 7) is 1.94. The Bertz CT molecular complexity index is 433. The molecular weight excluding hydrogens is 192 g/mol. The van der Waals surface area contributed by atoms with Crippen molar-refractivity contribution < 1.29 is 9.90 Å². The van der Waals surface area contributed by atoms with E-state index in [1.807, 2.05) is 13.0 Å². The lowest BCUT2D eigenvalue weighted by molar-refractivity contribution is 0.0694. The molecule has 1 aromatic rings. The van der Waals surface area contributed by atoms with Crippen molar-refractivity contribution in [2.75, 3.05) is 0 Å². The Hall–Kier alpha value is -1.86. The number of hydrogen-bond acceptors (Lipinski definition) is 3. The number of nitrogens with two attached hydrogens (primary N) is 1. The van der Waals surface area contributed by atoms with Gasteiger partial charge in [0.1, 0.15) is 0 Å². The van der Waals surface area contributed by atoms with E-state index < -0.39 is 5.97 Å². The van der Waals surface area contributed by atoms with E-state index in [2.05, 4.69) is 0 Å². The van der Waals surface area contributed by atoms with Gasteiger partial charge in [-0.15, -0.1) is 0 Å². The van der Waals surface area contributed by atoms with Crippen LogP contribution in [0.2, 0.25) is 0 Å². The second-order valence-electron chi connectivity index (χ2n) is 3.10. The van der Waals surface area contributed by atoms with E-state index in [1.165, 1.54) is 0 Å². The van der Waals surface area contributed by atoms with Crippen molar-refractivity contribution in [2.45, 2.75) is 19.9 Å². The minimum atomic E-state index is -1.02. The van der Waals surface area contributed by atoms with Gasteiger partial charge in [0.25, 0.3) is 0 Å². The number of aromatic carboxylic acids is 1. The molecular formula is C11H12N2O2. The highest BCUT2D eigenvalue weighted by Gasteiger charge is 2.16. The number of nitriles is 1. The van der Waals surface area contributed by atoms with E-state index in [1.54, 1.807) is 12.1 Å². The molecule has 78 valence electrons. The third-order valence-corrected chi connectivity index (χ3v) is 2.32. The fourth-order valence-corrected chi connectivity index (χ4v) is 1.57. The van der Waals surface area contributed by atoms with Gasteiger partial charge in [-0.2, -0.15) is 5.26 Å². The first-order chi connectivity index (χ1) is 7.15. The molecule has 0 bridgehead atoms. The maximum absolute atomic E-state index is 11.1. The van der Waals surface area contributed by atoms with Crippen molar-refractivity contribution in [3.63, 3.8) is 0 Å². The predicted molar refractivity (Wildman–Crippen MR) is 55.4 cm³/mol. The monoisotopic (exact) mass is 204 g/mol. The van der Waals surface area contributed by atoms with Gasteiger partial charge in [-0.05, 0) is 23.6 Å². The van der Waals surface area contributed by atoms with E-state index in [-0.39, 0.29) is 12.1 Å².